The van der Waals surface area contributed by atoms with Crippen molar-refractivity contribution in [2.45, 2.75) is 64.3 Å². The van der Waals surface area contributed by atoms with Crippen LogP contribution in [0.25, 0.3) is 0 Å². The highest BCUT2D eigenvalue weighted by Gasteiger charge is 2.65. The number of amides is 2. The molecule has 2 atom stereocenters. The van der Waals surface area contributed by atoms with Crippen molar-refractivity contribution in [1.82, 2.24) is 15.1 Å². The van der Waals surface area contributed by atoms with Crippen LogP contribution in [0, 0.1) is 24.2 Å². The van der Waals surface area contributed by atoms with Crippen molar-refractivity contribution in [3.8, 4) is 0 Å². The lowest BCUT2D eigenvalue weighted by Crippen LogP contribution is -2.28. The van der Waals surface area contributed by atoms with Crippen LogP contribution in [0.2, 0.25) is 0 Å². The first-order chi connectivity index (χ1) is 16.4. The summed E-state index contributed by atoms with van der Waals surface area (Å²) in [6.07, 6.45) is 8.08. The summed E-state index contributed by atoms with van der Waals surface area (Å²) < 4.78 is 1.71. The second-order valence-corrected chi connectivity index (χ2v) is 11.6. The Balaban J connectivity index is 1.23. The average molecular weight is 479 g/mol. The van der Waals surface area contributed by atoms with Gasteiger partial charge in [-0.3, -0.25) is 14.3 Å². The third kappa shape index (κ3) is 4.23. The number of hydrogen-bond acceptors (Lipinski definition) is 6. The number of carbonyl (C=O) groups excluding carboxylic acids is 2. The minimum atomic E-state index is -0.0692. The van der Waals surface area contributed by atoms with Gasteiger partial charge in [-0.1, -0.05) is 0 Å². The zero-order valence-electron chi connectivity index (χ0n) is 19.7. The number of nitrogens with zero attached hydrogens (tertiary/aromatic N) is 4. The van der Waals surface area contributed by atoms with Crippen LogP contribution < -0.4 is 10.6 Å². The summed E-state index contributed by atoms with van der Waals surface area (Å²) in [6, 6.07) is 4.76. The van der Waals surface area contributed by atoms with E-state index in [1.165, 1.54) is 30.6 Å². The van der Waals surface area contributed by atoms with Crippen molar-refractivity contribution in [3.05, 3.63) is 27.8 Å². The highest BCUT2D eigenvalue weighted by atomic mass is 32.1. The van der Waals surface area contributed by atoms with Gasteiger partial charge in [0.2, 0.25) is 5.91 Å². The quantitative estimate of drug-likeness (QED) is 0.588. The second-order valence-electron chi connectivity index (χ2n) is 10.5. The highest BCUT2D eigenvalue weighted by Crippen LogP contribution is 2.70. The summed E-state index contributed by atoms with van der Waals surface area (Å²) in [4.78, 5) is 36.2. The van der Waals surface area contributed by atoms with Crippen LogP contribution in [0.3, 0.4) is 0 Å². The summed E-state index contributed by atoms with van der Waals surface area (Å²) in [7, 11) is 1.85. The van der Waals surface area contributed by atoms with E-state index < -0.39 is 0 Å². The summed E-state index contributed by atoms with van der Waals surface area (Å²) in [5, 5.41) is 11.3. The normalized spacial score (nSPS) is 23.6. The van der Waals surface area contributed by atoms with Gasteiger partial charge in [0.1, 0.15) is 5.00 Å². The van der Waals surface area contributed by atoms with Gasteiger partial charge in [0.15, 0.2) is 5.82 Å². The lowest BCUT2D eigenvalue weighted by molar-refractivity contribution is -0.117. The summed E-state index contributed by atoms with van der Waals surface area (Å²) >= 11 is 1.57. The lowest BCUT2D eigenvalue weighted by atomic mass is 9.91. The molecule has 0 bridgehead atoms. The lowest BCUT2D eigenvalue weighted by Gasteiger charge is -2.18. The summed E-state index contributed by atoms with van der Waals surface area (Å²) in [6.45, 7) is 2.64. The minimum Gasteiger partial charge on any atom is -0.352 e. The third-order valence-electron chi connectivity index (χ3n) is 7.73. The van der Waals surface area contributed by atoms with E-state index >= 15 is 0 Å². The molecule has 2 aromatic heterocycles. The Morgan fingerprint density at radius 1 is 1.32 bits per heavy atom. The van der Waals surface area contributed by atoms with E-state index in [0.717, 1.165) is 35.5 Å². The maximum atomic E-state index is 13.3. The number of aliphatic imine (C=N–C) groups is 2. The first-order valence-electron chi connectivity index (χ1n) is 12.3. The van der Waals surface area contributed by atoms with Crippen LogP contribution in [0.15, 0.2) is 16.1 Å². The van der Waals surface area contributed by atoms with Crippen LogP contribution in [0.4, 0.5) is 10.8 Å². The molecule has 0 aliphatic heterocycles. The van der Waals surface area contributed by atoms with E-state index in [4.69, 9.17) is 0 Å². The number of aromatic nitrogens is 2. The van der Waals surface area contributed by atoms with Gasteiger partial charge in [-0.05, 0) is 75.2 Å². The van der Waals surface area contributed by atoms with Crippen molar-refractivity contribution < 1.29 is 9.59 Å². The zero-order valence-corrected chi connectivity index (χ0v) is 20.5. The fourth-order valence-corrected chi connectivity index (χ4v) is 6.39. The number of thiophene rings is 1. The molecule has 6 rings (SSSR count). The van der Waals surface area contributed by atoms with Crippen molar-refractivity contribution in [2.75, 3.05) is 11.9 Å². The Kier molecular flexibility index (Phi) is 5.22. The average Bonchev–Trinajstić information content (AvgIpc) is 3.74. The van der Waals surface area contributed by atoms with Crippen molar-refractivity contribution >= 4 is 40.0 Å². The first kappa shape index (κ1) is 21.7. The molecule has 9 heteroatoms. The number of carbonyl (C=O) groups is 2. The van der Waals surface area contributed by atoms with Gasteiger partial charge in [-0.15, -0.1) is 11.3 Å². The molecule has 4 aliphatic carbocycles. The predicted octanol–water partition coefficient (Wildman–Crippen LogP) is 4.03. The van der Waals surface area contributed by atoms with Crippen molar-refractivity contribution in [2.24, 2.45) is 34.3 Å². The third-order valence-corrected chi connectivity index (χ3v) is 8.93. The largest absolute Gasteiger partial charge is 0.352 e. The minimum absolute atomic E-state index is 0.0110. The SMILES string of the molecule is Cc1cc(N=C=NC2CCc3sc(NC(=O)C4CC45CC5)c(C(=O)NCC4CC4)c3C2)n(C)n1. The van der Waals surface area contributed by atoms with Gasteiger partial charge in [0.05, 0.1) is 23.3 Å². The van der Waals surface area contributed by atoms with E-state index in [1.54, 1.807) is 16.0 Å². The smallest absolute Gasteiger partial charge is 0.254 e. The molecular formula is C25H30N6O2S. The van der Waals surface area contributed by atoms with Gasteiger partial charge < -0.3 is 10.6 Å². The molecule has 1 spiro atoms. The van der Waals surface area contributed by atoms with Gasteiger partial charge in [-0.25, -0.2) is 4.99 Å². The molecule has 178 valence electrons. The molecule has 0 aromatic carbocycles. The van der Waals surface area contributed by atoms with Crippen LogP contribution in [0.1, 0.15) is 65.0 Å². The maximum absolute atomic E-state index is 13.3. The first-order valence-corrected chi connectivity index (χ1v) is 13.1. The predicted molar refractivity (Wildman–Crippen MR) is 131 cm³/mol. The Bertz CT molecular complexity index is 1230. The topological polar surface area (TPSA) is 101 Å². The molecule has 0 radical (unpaired) electrons. The zero-order chi connectivity index (χ0) is 23.4. The molecule has 2 unspecified atom stereocenters. The number of nitrogens with one attached hydrogen (secondary N) is 2. The summed E-state index contributed by atoms with van der Waals surface area (Å²) in [5.41, 5.74) is 2.88. The van der Waals surface area contributed by atoms with Crippen LogP contribution >= 0.6 is 11.3 Å². The number of aryl methyl sites for hydroxylation is 3. The standard InChI is InChI=1S/C25H30N6O2S/c1-14-9-20(31(2)30-14)28-13-27-16-5-6-19-17(10-16)21(23(33)26-12-15-3-4-15)24(34-19)29-22(32)18-11-25(18)7-8-25/h9,15-16,18H,3-8,10-12H2,1-2H3,(H,26,33)(H,29,32). The number of hydrogen-bond donors (Lipinski definition) is 2. The van der Waals surface area contributed by atoms with Crippen molar-refractivity contribution in [1.29, 1.82) is 0 Å². The Morgan fingerprint density at radius 3 is 2.82 bits per heavy atom. The molecule has 0 saturated heterocycles. The molecule has 8 nitrogen and oxygen atoms in total. The Hall–Kier alpha value is -2.77. The molecule has 4 aliphatic rings. The van der Waals surface area contributed by atoms with Gasteiger partial charge in [0.25, 0.3) is 5.91 Å². The molecule has 3 saturated carbocycles. The molecule has 34 heavy (non-hydrogen) atoms. The Morgan fingerprint density at radius 2 is 2.15 bits per heavy atom. The van der Waals surface area contributed by atoms with E-state index in [0.29, 0.717) is 35.7 Å². The van der Waals surface area contributed by atoms with E-state index in [1.807, 2.05) is 20.0 Å². The molecular weight excluding hydrogens is 448 g/mol. The second kappa shape index (κ2) is 8.17. The monoisotopic (exact) mass is 478 g/mol. The molecule has 3 fully saturated rings. The molecule has 2 heterocycles. The van der Waals surface area contributed by atoms with Crippen molar-refractivity contribution in [3.63, 3.8) is 0 Å². The van der Waals surface area contributed by atoms with E-state index in [9.17, 15) is 9.59 Å². The fraction of sp³-hybridized carbons (Fsp3) is 0.600. The Labute approximate surface area is 202 Å². The number of fused-ring (bicyclic) bond motifs is 1. The van der Waals surface area contributed by atoms with Crippen LogP contribution in [0.5, 0.6) is 0 Å². The molecule has 2 aromatic rings. The van der Waals surface area contributed by atoms with Crippen LogP contribution in [-0.2, 0) is 24.7 Å². The molecule has 2 amide bonds. The molecule has 2 N–H and O–H groups in total. The maximum Gasteiger partial charge on any atom is 0.254 e. The summed E-state index contributed by atoms with van der Waals surface area (Å²) in [5.74, 6) is 1.45. The number of rotatable bonds is 7. The van der Waals surface area contributed by atoms with Gasteiger partial charge in [0, 0.05) is 30.5 Å². The number of anilines is 1. The highest BCUT2D eigenvalue weighted by molar-refractivity contribution is 7.17. The fourth-order valence-electron chi connectivity index (χ4n) is 5.15. The van der Waals surface area contributed by atoms with E-state index in [2.05, 4.69) is 31.7 Å². The van der Waals surface area contributed by atoms with E-state index in [-0.39, 0.29) is 23.8 Å². The van der Waals surface area contributed by atoms with Gasteiger partial charge in [-0.2, -0.15) is 10.1 Å². The van der Waals surface area contributed by atoms with Gasteiger partial charge >= 0.3 is 0 Å². The van der Waals surface area contributed by atoms with Crippen LogP contribution in [-0.4, -0.2) is 40.2 Å².